The van der Waals surface area contributed by atoms with Crippen molar-refractivity contribution in [1.82, 2.24) is 0 Å². The summed E-state index contributed by atoms with van der Waals surface area (Å²) in [5.74, 6) is 0. The van der Waals surface area contributed by atoms with E-state index in [0.29, 0.717) is 0 Å². The molecule has 0 radical (unpaired) electrons. The average Bonchev–Trinajstić information content (AvgIpc) is 3.11. The van der Waals surface area contributed by atoms with Crippen LogP contribution in [0.4, 0.5) is 5.69 Å². The average molecular weight is 442 g/mol. The van der Waals surface area contributed by atoms with Gasteiger partial charge in [-0.3, -0.25) is 0 Å². The molecule has 0 spiro atoms. The van der Waals surface area contributed by atoms with Gasteiger partial charge in [0.15, 0.2) is 0 Å². The Kier molecular flexibility index (Phi) is 7.78. The van der Waals surface area contributed by atoms with Crippen LogP contribution >= 0.6 is 0 Å². The van der Waals surface area contributed by atoms with Crippen molar-refractivity contribution in [3.05, 3.63) is 77.0 Å². The Bertz CT molecular complexity index is 1010. The molecule has 2 aliphatic rings. The topological polar surface area (TPSA) is 3.24 Å². The van der Waals surface area contributed by atoms with Gasteiger partial charge in [-0.25, -0.2) is 0 Å². The Morgan fingerprint density at radius 3 is 2.18 bits per heavy atom. The van der Waals surface area contributed by atoms with E-state index >= 15 is 0 Å². The molecular weight excluding hydrogens is 398 g/mol. The molecule has 1 atom stereocenters. The molecule has 33 heavy (non-hydrogen) atoms. The van der Waals surface area contributed by atoms with Crippen LogP contribution in [0.3, 0.4) is 0 Å². The number of aryl methyl sites for hydroxylation is 1. The zero-order valence-corrected chi connectivity index (χ0v) is 21.4. The predicted octanol–water partition coefficient (Wildman–Crippen LogP) is 9.48. The summed E-state index contributed by atoms with van der Waals surface area (Å²) in [6.45, 7) is 6.91. The molecule has 1 unspecified atom stereocenters. The molecule has 0 aliphatic heterocycles. The van der Waals surface area contributed by atoms with Gasteiger partial charge in [0.1, 0.15) is 0 Å². The van der Waals surface area contributed by atoms with E-state index in [1.165, 1.54) is 85.9 Å². The fourth-order valence-electron chi connectivity index (χ4n) is 6.03. The highest BCUT2D eigenvalue weighted by Gasteiger charge is 2.42. The number of benzene rings is 2. The number of unbranched alkanes of at least 4 members (excludes halogenated alkanes) is 5. The van der Waals surface area contributed by atoms with E-state index in [0.717, 1.165) is 12.8 Å². The summed E-state index contributed by atoms with van der Waals surface area (Å²) in [7, 11) is 2.25. The van der Waals surface area contributed by atoms with Crippen molar-refractivity contribution in [1.29, 1.82) is 0 Å². The highest BCUT2D eigenvalue weighted by molar-refractivity contribution is 5.83. The second-order valence-electron chi connectivity index (χ2n) is 10.3. The van der Waals surface area contributed by atoms with Crippen molar-refractivity contribution >= 4 is 5.69 Å². The summed E-state index contributed by atoms with van der Waals surface area (Å²) in [6.07, 6.45) is 20.8. The first-order chi connectivity index (χ1) is 16.1. The van der Waals surface area contributed by atoms with Crippen LogP contribution in [0.25, 0.3) is 11.1 Å². The largest absolute Gasteiger partial charge is 0.348 e. The van der Waals surface area contributed by atoms with Gasteiger partial charge in [-0.05, 0) is 73.1 Å². The van der Waals surface area contributed by atoms with Gasteiger partial charge in [-0.15, -0.1) is 0 Å². The number of fused-ring (bicyclic) bond motifs is 3. The first-order valence-electron chi connectivity index (χ1n) is 13.5. The maximum Gasteiger partial charge on any atom is 0.0409 e. The van der Waals surface area contributed by atoms with E-state index in [1.807, 2.05) is 0 Å². The molecule has 0 N–H and O–H groups in total. The maximum absolute atomic E-state index is 2.55. The van der Waals surface area contributed by atoms with Gasteiger partial charge in [0.2, 0.25) is 0 Å². The van der Waals surface area contributed by atoms with E-state index in [4.69, 9.17) is 0 Å². The molecule has 0 heterocycles. The molecule has 0 saturated carbocycles. The molecule has 2 aromatic rings. The molecule has 0 fully saturated rings. The Hall–Kier alpha value is -2.28. The van der Waals surface area contributed by atoms with Crippen molar-refractivity contribution in [3.63, 3.8) is 0 Å². The molecule has 1 heteroatoms. The van der Waals surface area contributed by atoms with Gasteiger partial charge in [-0.2, -0.15) is 0 Å². The Morgan fingerprint density at radius 2 is 1.48 bits per heavy atom. The lowest BCUT2D eigenvalue weighted by atomic mass is 9.70. The number of hydrogen-bond donors (Lipinski definition) is 0. The van der Waals surface area contributed by atoms with E-state index in [2.05, 4.69) is 87.3 Å². The molecule has 2 aliphatic carbocycles. The van der Waals surface area contributed by atoms with Crippen LogP contribution in [-0.4, -0.2) is 7.05 Å². The van der Waals surface area contributed by atoms with Gasteiger partial charge in [0.25, 0.3) is 0 Å². The fraction of sp³-hybridized carbons (Fsp3) is 0.500. The number of nitrogens with zero attached hydrogens (tertiary/aromatic N) is 1. The monoisotopic (exact) mass is 441 g/mol. The Morgan fingerprint density at radius 1 is 0.818 bits per heavy atom. The van der Waals surface area contributed by atoms with Crippen LogP contribution in [0.1, 0.15) is 101 Å². The quantitative estimate of drug-likeness (QED) is 0.314. The third kappa shape index (κ3) is 4.84. The van der Waals surface area contributed by atoms with Crippen molar-refractivity contribution in [2.45, 2.75) is 96.8 Å². The fourth-order valence-corrected chi connectivity index (χ4v) is 6.03. The normalized spacial score (nSPS) is 18.7. The second-order valence-corrected chi connectivity index (χ2v) is 10.3. The van der Waals surface area contributed by atoms with Crippen molar-refractivity contribution in [2.75, 3.05) is 11.9 Å². The minimum absolute atomic E-state index is 0.164. The predicted molar refractivity (Wildman–Crippen MR) is 145 cm³/mol. The zero-order chi connectivity index (χ0) is 23.3. The van der Waals surface area contributed by atoms with Crippen LogP contribution in [-0.2, 0) is 5.41 Å². The highest BCUT2D eigenvalue weighted by Crippen LogP contribution is 2.55. The SMILES string of the molecule is CCCCCCC1(CCCCC)c2cc(C)ccc2-c2ccc(N(C)C3=CC=CCC3)cc21. The van der Waals surface area contributed by atoms with Crippen LogP contribution in [0.5, 0.6) is 0 Å². The van der Waals surface area contributed by atoms with E-state index in [-0.39, 0.29) is 5.41 Å². The summed E-state index contributed by atoms with van der Waals surface area (Å²) in [4.78, 5) is 2.42. The van der Waals surface area contributed by atoms with Crippen LogP contribution in [0.2, 0.25) is 0 Å². The van der Waals surface area contributed by atoms with Crippen LogP contribution in [0, 0.1) is 6.92 Å². The standard InChI is InChI=1S/C32H43N/c1-5-7-9-14-22-32(21-13-8-6-2)30-23-25(3)17-19-28(30)29-20-18-27(24-31(29)32)33(4)26-15-11-10-12-16-26/h10-11,15,17-20,23-24H,5-9,12-14,16,21-22H2,1-4H3. The zero-order valence-electron chi connectivity index (χ0n) is 21.4. The minimum atomic E-state index is 0.164. The van der Waals surface area contributed by atoms with Crippen LogP contribution in [0.15, 0.2) is 60.3 Å². The van der Waals surface area contributed by atoms with Gasteiger partial charge in [0, 0.05) is 23.8 Å². The Balaban J connectivity index is 1.79. The molecule has 2 aromatic carbocycles. The number of allylic oxidation sites excluding steroid dienone is 4. The van der Waals surface area contributed by atoms with Crippen molar-refractivity contribution in [3.8, 4) is 11.1 Å². The summed E-state index contributed by atoms with van der Waals surface area (Å²) in [5.41, 5.74) is 10.5. The first-order valence-corrected chi connectivity index (χ1v) is 13.5. The van der Waals surface area contributed by atoms with Crippen LogP contribution < -0.4 is 4.90 Å². The highest BCUT2D eigenvalue weighted by atomic mass is 15.1. The summed E-state index contributed by atoms with van der Waals surface area (Å²) in [5, 5.41) is 0. The van der Waals surface area contributed by atoms with Crippen molar-refractivity contribution in [2.24, 2.45) is 0 Å². The number of anilines is 1. The van der Waals surface area contributed by atoms with Gasteiger partial charge < -0.3 is 4.90 Å². The molecule has 1 nitrogen and oxygen atoms in total. The first kappa shape index (κ1) is 23.9. The third-order valence-electron chi connectivity index (χ3n) is 7.97. The van der Waals surface area contributed by atoms with Gasteiger partial charge >= 0.3 is 0 Å². The molecule has 176 valence electrons. The lowest BCUT2D eigenvalue weighted by molar-refractivity contribution is 0.403. The van der Waals surface area contributed by atoms with E-state index in [1.54, 1.807) is 11.1 Å². The molecule has 4 rings (SSSR count). The maximum atomic E-state index is 2.55. The summed E-state index contributed by atoms with van der Waals surface area (Å²) >= 11 is 0. The Labute approximate surface area is 202 Å². The minimum Gasteiger partial charge on any atom is -0.348 e. The van der Waals surface area contributed by atoms with E-state index in [9.17, 15) is 0 Å². The summed E-state index contributed by atoms with van der Waals surface area (Å²) < 4.78 is 0. The van der Waals surface area contributed by atoms with Crippen molar-refractivity contribution < 1.29 is 0 Å². The molecule has 0 bridgehead atoms. The van der Waals surface area contributed by atoms with Gasteiger partial charge in [-0.1, -0.05) is 101 Å². The molecule has 0 aromatic heterocycles. The third-order valence-corrected chi connectivity index (χ3v) is 7.97. The number of rotatable bonds is 11. The van der Waals surface area contributed by atoms with E-state index < -0.39 is 0 Å². The summed E-state index contributed by atoms with van der Waals surface area (Å²) in [6, 6.07) is 14.5. The smallest absolute Gasteiger partial charge is 0.0409 e. The lowest BCUT2D eigenvalue weighted by Gasteiger charge is -2.34. The number of hydrogen-bond acceptors (Lipinski definition) is 1. The molecule has 0 amide bonds. The second kappa shape index (κ2) is 10.8. The molecule has 0 saturated heterocycles. The van der Waals surface area contributed by atoms with Gasteiger partial charge in [0.05, 0.1) is 0 Å². The molecular formula is C32H43N. The lowest BCUT2D eigenvalue weighted by Crippen LogP contribution is -2.26.